The zero-order valence-electron chi connectivity index (χ0n) is 15.1. The Kier molecular flexibility index (Phi) is 4.43. The first-order valence-electron chi connectivity index (χ1n) is 9.20. The summed E-state index contributed by atoms with van der Waals surface area (Å²) in [7, 11) is 0. The van der Waals surface area contributed by atoms with Gasteiger partial charge in [0.05, 0.1) is 24.5 Å². The number of aromatic nitrogens is 3. The SMILES string of the molecule is CCCCCOc1cccc2c3n(nc12)CCn1cc(C(=O)O)c(=O)cc1-3. The van der Waals surface area contributed by atoms with Crippen LogP contribution in [0.1, 0.15) is 36.5 Å². The van der Waals surface area contributed by atoms with Gasteiger partial charge in [0.15, 0.2) is 5.43 Å². The van der Waals surface area contributed by atoms with Crippen LogP contribution in [0, 0.1) is 0 Å². The van der Waals surface area contributed by atoms with Gasteiger partial charge in [-0.15, -0.1) is 0 Å². The van der Waals surface area contributed by atoms with Crippen molar-refractivity contribution < 1.29 is 14.6 Å². The molecule has 3 aromatic rings. The molecule has 7 heteroatoms. The molecule has 0 radical (unpaired) electrons. The van der Waals surface area contributed by atoms with Crippen LogP contribution in [-0.2, 0) is 13.1 Å². The number of benzene rings is 1. The molecule has 27 heavy (non-hydrogen) atoms. The second-order valence-electron chi connectivity index (χ2n) is 6.71. The number of hydrogen-bond acceptors (Lipinski definition) is 4. The summed E-state index contributed by atoms with van der Waals surface area (Å²) in [6.07, 6.45) is 4.68. The molecule has 7 nitrogen and oxygen atoms in total. The Balaban J connectivity index is 1.80. The van der Waals surface area contributed by atoms with E-state index in [0.717, 1.165) is 41.6 Å². The first-order valence-corrected chi connectivity index (χ1v) is 9.20. The Labute approximate surface area is 155 Å². The molecule has 0 atom stereocenters. The second-order valence-corrected chi connectivity index (χ2v) is 6.71. The van der Waals surface area contributed by atoms with Crippen molar-refractivity contribution in [2.75, 3.05) is 6.61 Å². The zero-order chi connectivity index (χ0) is 19.0. The molecular formula is C20H21N3O4. The Morgan fingerprint density at radius 2 is 2.15 bits per heavy atom. The van der Waals surface area contributed by atoms with Crippen LogP contribution in [0.25, 0.3) is 22.3 Å². The number of nitrogens with zero attached hydrogens (tertiary/aromatic N) is 3. The summed E-state index contributed by atoms with van der Waals surface area (Å²) in [4.78, 5) is 23.5. The van der Waals surface area contributed by atoms with Gasteiger partial charge >= 0.3 is 5.97 Å². The number of fused-ring (bicyclic) bond motifs is 5. The first-order chi connectivity index (χ1) is 13.1. The number of rotatable bonds is 6. The van der Waals surface area contributed by atoms with E-state index >= 15 is 0 Å². The smallest absolute Gasteiger partial charge is 0.341 e. The van der Waals surface area contributed by atoms with Crippen molar-refractivity contribution in [2.45, 2.75) is 39.3 Å². The highest BCUT2D eigenvalue weighted by Gasteiger charge is 2.24. The average molecular weight is 367 g/mol. The van der Waals surface area contributed by atoms with E-state index in [0.29, 0.717) is 25.4 Å². The minimum atomic E-state index is -1.21. The van der Waals surface area contributed by atoms with Gasteiger partial charge < -0.3 is 14.4 Å². The molecule has 0 saturated heterocycles. The van der Waals surface area contributed by atoms with Gasteiger partial charge in [-0.3, -0.25) is 9.48 Å². The third kappa shape index (κ3) is 2.99. The van der Waals surface area contributed by atoms with Crippen LogP contribution in [0.3, 0.4) is 0 Å². The maximum atomic E-state index is 12.2. The van der Waals surface area contributed by atoms with E-state index in [2.05, 4.69) is 6.92 Å². The van der Waals surface area contributed by atoms with Crippen molar-refractivity contribution >= 4 is 16.9 Å². The standard InChI is InChI=1S/C20H21N3O4/c1-2-3-4-10-27-17-7-5-6-13-18(17)21-23-9-8-22-12-14(20(25)26)16(24)11-15(22)19(13)23/h5-7,11-12H,2-4,8-10H2,1H3,(H,25,26). The summed E-state index contributed by atoms with van der Waals surface area (Å²) in [6.45, 7) is 3.96. The monoisotopic (exact) mass is 367 g/mol. The summed E-state index contributed by atoms with van der Waals surface area (Å²) >= 11 is 0. The van der Waals surface area contributed by atoms with Crippen molar-refractivity contribution in [2.24, 2.45) is 0 Å². The maximum absolute atomic E-state index is 12.2. The number of pyridine rings is 1. The van der Waals surface area contributed by atoms with Crippen molar-refractivity contribution in [1.29, 1.82) is 0 Å². The molecule has 1 aliphatic rings. The predicted molar refractivity (Wildman–Crippen MR) is 101 cm³/mol. The van der Waals surface area contributed by atoms with E-state index < -0.39 is 11.4 Å². The van der Waals surface area contributed by atoms with Gasteiger partial charge in [-0.2, -0.15) is 5.10 Å². The van der Waals surface area contributed by atoms with Crippen molar-refractivity contribution in [3.8, 4) is 17.1 Å². The van der Waals surface area contributed by atoms with Crippen molar-refractivity contribution in [3.63, 3.8) is 0 Å². The predicted octanol–water partition coefficient (Wildman–Crippen LogP) is 3.15. The minimum Gasteiger partial charge on any atom is -0.491 e. The normalized spacial score (nSPS) is 12.6. The van der Waals surface area contributed by atoms with Gasteiger partial charge in [0.1, 0.15) is 16.8 Å². The zero-order valence-corrected chi connectivity index (χ0v) is 15.1. The van der Waals surface area contributed by atoms with Gasteiger partial charge in [0.2, 0.25) is 0 Å². The van der Waals surface area contributed by atoms with Crippen LogP contribution in [0.5, 0.6) is 5.75 Å². The topological polar surface area (TPSA) is 86.3 Å². The van der Waals surface area contributed by atoms with Gasteiger partial charge in [0.25, 0.3) is 0 Å². The number of aromatic carboxylic acids is 1. The molecular weight excluding hydrogens is 346 g/mol. The van der Waals surface area contributed by atoms with Crippen LogP contribution in [0.15, 0.2) is 35.3 Å². The molecule has 1 aromatic carbocycles. The molecule has 140 valence electrons. The average Bonchev–Trinajstić information content (AvgIpc) is 3.04. The fraction of sp³-hybridized carbons (Fsp3) is 0.350. The van der Waals surface area contributed by atoms with E-state index in [-0.39, 0.29) is 5.56 Å². The number of carboxylic acid groups (broad SMARTS) is 1. The highest BCUT2D eigenvalue weighted by Crippen LogP contribution is 2.35. The van der Waals surface area contributed by atoms with Crippen molar-refractivity contribution in [3.05, 3.63) is 46.2 Å². The summed E-state index contributed by atoms with van der Waals surface area (Å²) < 4.78 is 9.63. The maximum Gasteiger partial charge on any atom is 0.341 e. The van der Waals surface area contributed by atoms with Gasteiger partial charge in [-0.05, 0) is 12.5 Å². The molecule has 1 N–H and O–H groups in total. The molecule has 0 fully saturated rings. The number of carboxylic acids is 1. The highest BCUT2D eigenvalue weighted by molar-refractivity contribution is 5.96. The lowest BCUT2D eigenvalue weighted by Gasteiger charge is -2.21. The van der Waals surface area contributed by atoms with E-state index in [4.69, 9.17) is 9.84 Å². The molecule has 0 spiro atoms. The van der Waals surface area contributed by atoms with Gasteiger partial charge in [-0.1, -0.05) is 31.9 Å². The van der Waals surface area contributed by atoms with Gasteiger partial charge in [-0.25, -0.2) is 4.79 Å². The molecule has 0 bridgehead atoms. The van der Waals surface area contributed by atoms with Crippen LogP contribution in [-0.4, -0.2) is 32.0 Å². The summed E-state index contributed by atoms with van der Waals surface area (Å²) in [5, 5.41) is 14.8. The quantitative estimate of drug-likeness (QED) is 0.677. The largest absolute Gasteiger partial charge is 0.491 e. The lowest BCUT2D eigenvalue weighted by atomic mass is 10.1. The second kappa shape index (κ2) is 6.90. The Morgan fingerprint density at radius 1 is 1.30 bits per heavy atom. The molecule has 0 unspecified atom stereocenters. The highest BCUT2D eigenvalue weighted by atomic mass is 16.5. The Morgan fingerprint density at radius 3 is 2.93 bits per heavy atom. The lowest BCUT2D eigenvalue weighted by Crippen LogP contribution is -2.24. The number of aryl methyl sites for hydroxylation is 2. The van der Waals surface area contributed by atoms with Gasteiger partial charge in [0, 0.05) is 24.2 Å². The molecule has 0 aliphatic carbocycles. The van der Waals surface area contributed by atoms with E-state index in [1.165, 1.54) is 12.3 Å². The number of carbonyl (C=O) groups is 1. The van der Waals surface area contributed by atoms with E-state index in [1.807, 2.05) is 27.4 Å². The summed E-state index contributed by atoms with van der Waals surface area (Å²) in [5.41, 5.74) is 1.57. The fourth-order valence-corrected chi connectivity index (χ4v) is 3.54. The Bertz CT molecular complexity index is 1080. The first kappa shape index (κ1) is 17.3. The Hall–Kier alpha value is -3.09. The third-order valence-corrected chi connectivity index (χ3v) is 4.89. The molecule has 3 heterocycles. The third-order valence-electron chi connectivity index (χ3n) is 4.89. The number of ether oxygens (including phenoxy) is 1. The fourth-order valence-electron chi connectivity index (χ4n) is 3.54. The molecule has 0 saturated carbocycles. The minimum absolute atomic E-state index is 0.212. The number of unbranched alkanes of at least 4 members (excludes halogenated alkanes) is 2. The van der Waals surface area contributed by atoms with E-state index in [1.54, 1.807) is 0 Å². The summed E-state index contributed by atoms with van der Waals surface area (Å²) in [6, 6.07) is 7.18. The molecule has 0 amide bonds. The molecule has 4 rings (SSSR count). The van der Waals surface area contributed by atoms with Crippen molar-refractivity contribution in [1.82, 2.24) is 14.3 Å². The van der Waals surface area contributed by atoms with E-state index in [9.17, 15) is 14.7 Å². The number of hydrogen-bond donors (Lipinski definition) is 1. The van der Waals surface area contributed by atoms with Crippen LogP contribution >= 0.6 is 0 Å². The van der Waals surface area contributed by atoms with Crippen LogP contribution < -0.4 is 10.2 Å². The van der Waals surface area contributed by atoms with Crippen LogP contribution in [0.4, 0.5) is 0 Å². The molecule has 1 aliphatic heterocycles. The lowest BCUT2D eigenvalue weighted by molar-refractivity contribution is 0.0694. The summed E-state index contributed by atoms with van der Waals surface area (Å²) in [5.74, 6) is -0.469. The van der Waals surface area contributed by atoms with Crippen LogP contribution in [0.2, 0.25) is 0 Å². The molecule has 2 aromatic heterocycles.